The molecule has 5 nitrogen and oxygen atoms in total. The maximum absolute atomic E-state index is 14.3. The van der Waals surface area contributed by atoms with Crippen LogP contribution in [-0.2, 0) is 11.3 Å². The topological polar surface area (TPSA) is 64.1 Å². The molecule has 3 aromatic rings. The Bertz CT molecular complexity index is 1030. The van der Waals surface area contributed by atoms with Gasteiger partial charge in [-0.25, -0.2) is 9.37 Å². The Hall–Kier alpha value is -2.63. The van der Waals surface area contributed by atoms with E-state index in [9.17, 15) is 9.18 Å². The zero-order valence-electron chi connectivity index (χ0n) is 14.7. The number of aromatic nitrogens is 2. The molecule has 0 saturated heterocycles. The van der Waals surface area contributed by atoms with Crippen molar-refractivity contribution in [3.05, 3.63) is 51.9 Å². The number of carbonyl (C=O) groups excluding carboxylic acids is 1. The number of carbonyl (C=O) groups is 1. The molecular formula is C19H16FN3O2S2. The maximum Gasteiger partial charge on any atom is 0.272 e. The first-order valence-electron chi connectivity index (χ1n) is 7.94. The minimum Gasteiger partial charge on any atom is -0.470 e. The standard InChI is InChI=1S/C19H16FN3O2S2/c1-4-12-5-13-6-14(7-15(20)17(13)22-9-12)25-19(26-3)18(24)23-10-16-21-8-11(2)27-16/h1,5-9,19H,10H2,2-3H3,(H,23,24). The molecule has 8 heteroatoms. The average Bonchev–Trinajstić information content (AvgIpc) is 3.09. The molecule has 1 N–H and O–H groups in total. The fourth-order valence-electron chi connectivity index (χ4n) is 2.39. The van der Waals surface area contributed by atoms with Gasteiger partial charge in [-0.15, -0.1) is 29.5 Å². The minimum absolute atomic E-state index is 0.200. The van der Waals surface area contributed by atoms with Crippen LogP contribution < -0.4 is 10.1 Å². The van der Waals surface area contributed by atoms with Crippen molar-refractivity contribution in [3.8, 4) is 18.1 Å². The first-order valence-corrected chi connectivity index (χ1v) is 10.0. The van der Waals surface area contributed by atoms with Gasteiger partial charge >= 0.3 is 0 Å². The predicted molar refractivity (Wildman–Crippen MR) is 106 cm³/mol. The largest absolute Gasteiger partial charge is 0.470 e. The Morgan fingerprint density at radius 2 is 2.22 bits per heavy atom. The van der Waals surface area contributed by atoms with Crippen molar-refractivity contribution in [3.63, 3.8) is 0 Å². The molecule has 1 amide bonds. The zero-order chi connectivity index (χ0) is 19.4. The van der Waals surface area contributed by atoms with E-state index in [2.05, 4.69) is 21.2 Å². The third-order valence-electron chi connectivity index (χ3n) is 3.63. The van der Waals surface area contributed by atoms with E-state index in [1.807, 2.05) is 6.92 Å². The van der Waals surface area contributed by atoms with Gasteiger partial charge in [-0.2, -0.15) is 0 Å². The van der Waals surface area contributed by atoms with E-state index in [-0.39, 0.29) is 17.2 Å². The van der Waals surface area contributed by atoms with Crippen molar-refractivity contribution >= 4 is 39.9 Å². The number of halogens is 1. The number of fused-ring (bicyclic) bond motifs is 1. The summed E-state index contributed by atoms with van der Waals surface area (Å²) in [7, 11) is 0. The zero-order valence-corrected chi connectivity index (χ0v) is 16.3. The fraction of sp³-hybridized carbons (Fsp3) is 0.211. The number of aryl methyl sites for hydroxylation is 1. The molecule has 1 aromatic carbocycles. The van der Waals surface area contributed by atoms with Gasteiger partial charge in [0, 0.05) is 34.3 Å². The number of nitrogens with zero attached hydrogens (tertiary/aromatic N) is 2. The molecule has 0 spiro atoms. The number of hydrogen-bond donors (Lipinski definition) is 1. The molecular weight excluding hydrogens is 385 g/mol. The van der Waals surface area contributed by atoms with Crippen LogP contribution in [0.2, 0.25) is 0 Å². The highest BCUT2D eigenvalue weighted by Crippen LogP contribution is 2.26. The van der Waals surface area contributed by atoms with E-state index >= 15 is 0 Å². The molecule has 0 bridgehead atoms. The number of terminal acetylenes is 1. The summed E-state index contributed by atoms with van der Waals surface area (Å²) in [5.74, 6) is 1.84. The van der Waals surface area contributed by atoms with Gasteiger partial charge in [0.1, 0.15) is 16.3 Å². The summed E-state index contributed by atoms with van der Waals surface area (Å²) in [4.78, 5) is 21.7. The molecule has 0 fully saturated rings. The van der Waals surface area contributed by atoms with Gasteiger partial charge in [0.05, 0.1) is 6.54 Å². The van der Waals surface area contributed by atoms with Crippen molar-refractivity contribution in [2.45, 2.75) is 18.9 Å². The van der Waals surface area contributed by atoms with E-state index < -0.39 is 11.3 Å². The summed E-state index contributed by atoms with van der Waals surface area (Å²) in [5, 5.41) is 4.11. The number of thiazole rings is 1. The fourth-order valence-corrected chi connectivity index (χ4v) is 3.62. The minimum atomic E-state index is -0.827. The lowest BCUT2D eigenvalue weighted by atomic mass is 10.1. The summed E-state index contributed by atoms with van der Waals surface area (Å²) in [6.45, 7) is 2.27. The number of amides is 1. The summed E-state index contributed by atoms with van der Waals surface area (Å²) >= 11 is 2.72. The molecule has 0 radical (unpaired) electrons. The first kappa shape index (κ1) is 19.1. The quantitative estimate of drug-likeness (QED) is 0.506. The van der Waals surface area contributed by atoms with Gasteiger partial charge in [-0.3, -0.25) is 9.78 Å². The van der Waals surface area contributed by atoms with Gasteiger partial charge < -0.3 is 10.1 Å². The van der Waals surface area contributed by atoms with Crippen LogP contribution in [0, 0.1) is 25.1 Å². The molecule has 3 rings (SSSR count). The molecule has 2 aromatic heterocycles. The highest BCUT2D eigenvalue weighted by molar-refractivity contribution is 7.99. The van der Waals surface area contributed by atoms with Gasteiger partial charge in [-0.1, -0.05) is 5.92 Å². The number of nitrogens with one attached hydrogen (secondary N) is 1. The van der Waals surface area contributed by atoms with E-state index in [0.717, 1.165) is 9.88 Å². The van der Waals surface area contributed by atoms with Crippen LogP contribution in [-0.4, -0.2) is 27.6 Å². The Balaban J connectivity index is 1.75. The van der Waals surface area contributed by atoms with Crippen LogP contribution in [0.3, 0.4) is 0 Å². The van der Waals surface area contributed by atoms with Gasteiger partial charge in [0.15, 0.2) is 5.82 Å². The molecule has 0 aliphatic heterocycles. The monoisotopic (exact) mass is 401 g/mol. The lowest BCUT2D eigenvalue weighted by Gasteiger charge is -2.17. The lowest BCUT2D eigenvalue weighted by Crippen LogP contribution is -2.35. The summed E-state index contributed by atoms with van der Waals surface area (Å²) in [5.41, 5.74) is -0.0886. The highest BCUT2D eigenvalue weighted by atomic mass is 32.2. The molecule has 1 unspecified atom stereocenters. The maximum atomic E-state index is 14.3. The SMILES string of the molecule is C#Cc1cnc2c(F)cc(OC(SC)C(=O)NCc3ncc(C)s3)cc2c1. The summed E-state index contributed by atoms with van der Waals surface area (Å²) < 4.78 is 20.0. The average molecular weight is 401 g/mol. The lowest BCUT2D eigenvalue weighted by molar-refractivity contribution is -0.124. The number of rotatable bonds is 6. The second-order valence-corrected chi connectivity index (χ2v) is 7.83. The second-order valence-electron chi connectivity index (χ2n) is 5.61. The molecule has 0 saturated carbocycles. The van der Waals surface area contributed by atoms with Crippen molar-refractivity contribution in [2.75, 3.05) is 6.26 Å². The molecule has 27 heavy (non-hydrogen) atoms. The second kappa shape index (κ2) is 8.37. The molecule has 1 atom stereocenters. The molecule has 0 aliphatic rings. The van der Waals surface area contributed by atoms with Crippen LogP contribution in [0.15, 0.2) is 30.6 Å². The molecule has 0 aliphatic carbocycles. The molecule has 2 heterocycles. The van der Waals surface area contributed by atoms with Gasteiger partial charge in [0.25, 0.3) is 5.91 Å². The Morgan fingerprint density at radius 1 is 1.41 bits per heavy atom. The van der Waals surface area contributed by atoms with E-state index in [1.165, 1.54) is 35.4 Å². The first-order chi connectivity index (χ1) is 13.0. The number of ether oxygens (including phenoxy) is 1. The van der Waals surface area contributed by atoms with Crippen LogP contribution in [0.4, 0.5) is 4.39 Å². The number of pyridine rings is 1. The normalized spacial score (nSPS) is 11.8. The third-order valence-corrected chi connectivity index (χ3v) is 5.28. The molecule has 138 valence electrons. The number of thioether (sulfide) groups is 1. The van der Waals surface area contributed by atoms with Crippen molar-refractivity contribution in [1.29, 1.82) is 0 Å². The van der Waals surface area contributed by atoms with Crippen LogP contribution in [0.1, 0.15) is 15.4 Å². The van der Waals surface area contributed by atoms with Crippen LogP contribution >= 0.6 is 23.1 Å². The Kier molecular flexibility index (Phi) is 5.94. The van der Waals surface area contributed by atoms with Gasteiger partial charge in [0.2, 0.25) is 5.44 Å². The van der Waals surface area contributed by atoms with E-state index in [0.29, 0.717) is 17.5 Å². The third kappa shape index (κ3) is 4.56. The van der Waals surface area contributed by atoms with Crippen LogP contribution in [0.25, 0.3) is 10.9 Å². The number of benzene rings is 1. The van der Waals surface area contributed by atoms with Gasteiger partial charge in [-0.05, 0) is 25.3 Å². The Morgan fingerprint density at radius 3 is 2.89 bits per heavy atom. The van der Waals surface area contributed by atoms with E-state index in [4.69, 9.17) is 11.2 Å². The summed E-state index contributed by atoms with van der Waals surface area (Å²) in [6, 6.07) is 4.48. The van der Waals surface area contributed by atoms with Crippen LogP contribution in [0.5, 0.6) is 5.75 Å². The predicted octanol–water partition coefficient (Wildman–Crippen LogP) is 3.50. The highest BCUT2D eigenvalue weighted by Gasteiger charge is 2.20. The Labute approximate surface area is 164 Å². The van der Waals surface area contributed by atoms with Crippen molar-refractivity contribution in [1.82, 2.24) is 15.3 Å². The smallest absolute Gasteiger partial charge is 0.272 e. The van der Waals surface area contributed by atoms with Crippen molar-refractivity contribution in [2.24, 2.45) is 0 Å². The van der Waals surface area contributed by atoms with Crippen molar-refractivity contribution < 1.29 is 13.9 Å². The van der Waals surface area contributed by atoms with E-state index in [1.54, 1.807) is 24.6 Å². The number of hydrogen-bond acceptors (Lipinski definition) is 6. The summed E-state index contributed by atoms with van der Waals surface area (Å²) in [6.07, 6.45) is 10.3.